The zero-order chi connectivity index (χ0) is 70.8. The molecule has 0 spiro atoms. The van der Waals surface area contributed by atoms with Crippen molar-refractivity contribution in [1.82, 2.24) is 24.9 Å². The average molecular weight is 2310 g/mol. The van der Waals surface area contributed by atoms with Crippen LogP contribution in [0.2, 0.25) is 0 Å². The third-order valence-electron chi connectivity index (χ3n) is 18.5. The fraction of sp³-hybridized carbons (Fsp3) is 0.163. The monoisotopic (exact) mass is 2320 g/mol. The van der Waals surface area contributed by atoms with Crippen LogP contribution in [0.4, 0.5) is 13.2 Å². The number of hydrogen-bond acceptors (Lipinski definition) is 8. The molecule has 0 bridgehead atoms. The normalized spacial score (nSPS) is 11.6. The number of rotatable bonds is 9. The molecule has 5 radical (unpaired) electrons. The van der Waals surface area contributed by atoms with Crippen LogP contribution in [0, 0.1) is 30.3 Å². The first-order chi connectivity index (χ1) is 50.4. The summed E-state index contributed by atoms with van der Waals surface area (Å²) < 4.78 is 54.9. The van der Waals surface area contributed by atoms with Crippen LogP contribution in [0.1, 0.15) is 74.2 Å². The van der Waals surface area contributed by atoms with E-state index < -0.39 is 11.7 Å². The summed E-state index contributed by atoms with van der Waals surface area (Å²) in [4.78, 5) is 23.8. The number of benzene rings is 11. The maximum Gasteiger partial charge on any atom is 0.381 e. The van der Waals surface area contributed by atoms with E-state index in [1.54, 1.807) is 0 Å². The van der Waals surface area contributed by atoms with Gasteiger partial charge in [-0.2, -0.15) is 13.2 Å². The van der Waals surface area contributed by atoms with Gasteiger partial charge in [-0.3, -0.25) is 0 Å². The Morgan fingerprint density at radius 3 is 1.30 bits per heavy atom. The van der Waals surface area contributed by atoms with Crippen LogP contribution >= 0.6 is 0 Å². The molecule has 8 nitrogen and oxygen atoms in total. The van der Waals surface area contributed by atoms with Crippen LogP contribution in [0.25, 0.3) is 121 Å². The second kappa shape index (κ2) is 38.7. The zero-order valence-electron chi connectivity index (χ0n) is 59.7. The van der Waals surface area contributed by atoms with Gasteiger partial charge in [0.15, 0.2) is 0 Å². The number of aromatic nitrogens is 5. The van der Waals surface area contributed by atoms with Crippen LogP contribution in [0.15, 0.2) is 243 Å². The van der Waals surface area contributed by atoms with Crippen LogP contribution in [0.3, 0.4) is 0 Å². The predicted molar refractivity (Wildman–Crippen MR) is 412 cm³/mol. The van der Waals surface area contributed by atoms with E-state index in [1.165, 1.54) is 60.1 Å². The fourth-order valence-corrected chi connectivity index (χ4v) is 13.0. The van der Waals surface area contributed by atoms with Gasteiger partial charge in [0.1, 0.15) is 13.2 Å². The number of ether oxygens (including phenoxy) is 3. The van der Waals surface area contributed by atoms with Crippen molar-refractivity contribution in [1.29, 1.82) is 0 Å². The average Bonchev–Trinajstić information content (AvgIpc) is 0.823. The number of nitrogens with zero attached hydrogens (tertiary/aromatic N) is 5. The van der Waals surface area contributed by atoms with E-state index in [1.807, 2.05) is 79.7 Å². The van der Waals surface area contributed by atoms with Gasteiger partial charge in [0, 0.05) is 135 Å². The molecule has 0 fully saturated rings. The molecule has 16 heteroatoms. The van der Waals surface area contributed by atoms with Crippen LogP contribution in [-0.2, 0) is 145 Å². The second-order valence-corrected chi connectivity index (χ2v) is 25.1. The standard InChI is InChI=1S/C21H16N.C19H16NO2.C19H16NO.C18H13F3N.C15H12N.5Ir/c1-2-17-14-16-9-4-6-12-19(16)21(22-17)20-13-7-10-15-8-3-5-11-18(15)20;1-2-15-11-13-5-3-4-6-16(13)19(20-15)14-7-8-17-18(12-14)22-10-9-21-17;1-2-16-11-14-5-3-4-6-17(14)19(20-16)15-8-7-13-9-10-21-18(13)12-15;1-2-15-11-13-5-3-4-6-16(13)17(22-15)12-7-9-14(10-8-12)18(19,20)21;1-2-13-10-9-12-8-7-11-5-3-4-6-14(11)15(12)16-13;;;;;/h3-12,14H,2H2,1H3;3-6,8,11-12H,2,9-10H2,1H3;3-7,11-12H,2,9-10H2,1H3;3-7,9-11H,2H2,1H3;3-5,7-10H,2H2,1H3;;;;;/q5*-1;;;;;. The minimum Gasteiger partial charge on any atom is -0.530 e. The molecule has 555 valence electrons. The maximum atomic E-state index is 12.7. The topological polar surface area (TPSA) is 92.1 Å². The van der Waals surface area contributed by atoms with Gasteiger partial charge in [0.05, 0.1) is 18.1 Å². The van der Waals surface area contributed by atoms with Crippen molar-refractivity contribution in [2.75, 3.05) is 19.8 Å². The van der Waals surface area contributed by atoms with Crippen LogP contribution in [-0.4, -0.2) is 44.7 Å². The molecule has 7 heterocycles. The van der Waals surface area contributed by atoms with E-state index in [9.17, 15) is 13.2 Å². The Morgan fingerprint density at radius 2 is 0.769 bits per heavy atom. The van der Waals surface area contributed by atoms with Crippen molar-refractivity contribution in [3.8, 4) is 62.3 Å². The van der Waals surface area contributed by atoms with Gasteiger partial charge in [-0.15, -0.1) is 135 Å². The molecule has 0 unspecified atom stereocenters. The summed E-state index contributed by atoms with van der Waals surface area (Å²) in [6.45, 7) is 12.5. The molecule has 16 aromatic rings. The molecule has 0 N–H and O–H groups in total. The number of alkyl halides is 3. The van der Waals surface area contributed by atoms with Crippen molar-refractivity contribution in [3.05, 3.63) is 313 Å². The largest absolute Gasteiger partial charge is 0.530 e. The molecule has 18 rings (SSSR count). The van der Waals surface area contributed by atoms with Crippen molar-refractivity contribution in [3.63, 3.8) is 0 Å². The van der Waals surface area contributed by atoms with E-state index in [0.717, 1.165) is 164 Å². The Balaban J connectivity index is 0.000000155. The van der Waals surface area contributed by atoms with Gasteiger partial charge in [-0.25, -0.2) is 0 Å². The quantitative estimate of drug-likeness (QED) is 0.104. The van der Waals surface area contributed by atoms with Gasteiger partial charge in [0.25, 0.3) is 0 Å². The minimum atomic E-state index is -4.35. The first-order valence-corrected chi connectivity index (χ1v) is 35.2. The van der Waals surface area contributed by atoms with Crippen molar-refractivity contribution >= 4 is 75.5 Å². The number of hydrogen-bond donors (Lipinski definition) is 0. The number of aryl methyl sites for hydroxylation is 5. The third kappa shape index (κ3) is 19.0. The fourth-order valence-electron chi connectivity index (χ4n) is 13.0. The Hall–Kier alpha value is -8.57. The molecule has 5 aromatic heterocycles. The molecule has 0 saturated heterocycles. The van der Waals surface area contributed by atoms with Gasteiger partial charge in [-0.1, -0.05) is 191 Å². The molecule has 108 heavy (non-hydrogen) atoms. The summed E-state index contributed by atoms with van der Waals surface area (Å²) in [5.41, 5.74) is 14.2. The zero-order valence-corrected chi connectivity index (χ0v) is 71.7. The first-order valence-electron chi connectivity index (χ1n) is 35.2. The van der Waals surface area contributed by atoms with Crippen molar-refractivity contribution in [2.24, 2.45) is 0 Å². The second-order valence-electron chi connectivity index (χ2n) is 25.1. The van der Waals surface area contributed by atoms with Gasteiger partial charge in [0.2, 0.25) is 0 Å². The number of fused-ring (bicyclic) bond motifs is 10. The molecule has 0 amide bonds. The summed E-state index contributed by atoms with van der Waals surface area (Å²) in [6, 6.07) is 96.0. The van der Waals surface area contributed by atoms with Gasteiger partial charge in [-0.05, 0) is 151 Å². The summed E-state index contributed by atoms with van der Waals surface area (Å²) >= 11 is 0. The van der Waals surface area contributed by atoms with Crippen molar-refractivity contribution in [2.45, 2.75) is 79.3 Å². The molecule has 0 saturated carbocycles. The molecule has 2 aliphatic rings. The van der Waals surface area contributed by atoms with Gasteiger partial charge >= 0.3 is 6.18 Å². The minimum absolute atomic E-state index is 0. The Labute approximate surface area is 695 Å². The molecule has 0 atom stereocenters. The summed E-state index contributed by atoms with van der Waals surface area (Å²) in [5, 5.41) is 15.0. The number of pyridine rings is 5. The third-order valence-corrected chi connectivity index (χ3v) is 18.5. The molecular formula is C92H73F3Ir5N5O3-5. The first kappa shape index (κ1) is 83.5. The molecule has 11 aromatic carbocycles. The summed E-state index contributed by atoms with van der Waals surface area (Å²) in [7, 11) is 0. The molecule has 0 aliphatic carbocycles. The van der Waals surface area contributed by atoms with Gasteiger partial charge < -0.3 is 39.1 Å². The smallest absolute Gasteiger partial charge is 0.381 e. The van der Waals surface area contributed by atoms with E-state index >= 15 is 0 Å². The van der Waals surface area contributed by atoms with E-state index in [-0.39, 0.29) is 101 Å². The predicted octanol–water partition coefficient (Wildman–Crippen LogP) is 22.7. The Morgan fingerprint density at radius 1 is 0.333 bits per heavy atom. The Bertz CT molecular complexity index is 5760. The SMILES string of the molecule is CCc1cc2ccccc2c(-c2[c-]cc(C(F)(F)F)cc2)n1.CCc1cc2ccccc2c(-c2[c-]cc3c(c2)OCC3)n1.CCc1cc2ccccc2c(-c2[c-]cc3c(c2)OCCO3)n1.CCc1cc2ccccc2c(-c2[c-]ccc3ccccc23)n1.CCc1ccc2ccc3ccc[c-]c3c2n1.[Ir].[Ir].[Ir].[Ir].[Ir]. The Kier molecular flexibility index (Phi) is 29.9. The molecular weight excluding hydrogens is 2240 g/mol. The number of halogens is 3. The van der Waals surface area contributed by atoms with E-state index in [2.05, 4.69) is 215 Å². The summed E-state index contributed by atoms with van der Waals surface area (Å²) in [6.07, 6.45) is 1.13. The molecule has 2 aliphatic heterocycles. The van der Waals surface area contributed by atoms with Crippen LogP contribution in [0.5, 0.6) is 17.2 Å². The summed E-state index contributed by atoms with van der Waals surface area (Å²) in [5.74, 6) is 2.51. The van der Waals surface area contributed by atoms with Crippen LogP contribution < -0.4 is 14.2 Å². The van der Waals surface area contributed by atoms with Crippen molar-refractivity contribution < 1.29 is 128 Å². The van der Waals surface area contributed by atoms with E-state index in [0.29, 0.717) is 24.5 Å². The maximum absolute atomic E-state index is 12.7. The van der Waals surface area contributed by atoms with E-state index in [4.69, 9.17) is 34.1 Å².